The molecule has 15 heavy (non-hydrogen) atoms. The Labute approximate surface area is 85.7 Å². The number of ether oxygens (including phenoxy) is 1. The number of phosphoric acid groups is 1. The van der Waals surface area contributed by atoms with E-state index in [1.54, 1.807) is 0 Å². The van der Waals surface area contributed by atoms with Crippen molar-refractivity contribution in [3.05, 3.63) is 12.2 Å². The minimum atomic E-state index is -4.64. The summed E-state index contributed by atoms with van der Waals surface area (Å²) in [5.41, 5.74) is 0.237. The molecule has 0 aromatic heterocycles. The average Bonchev–Trinajstić information content (AvgIpc) is 1.96. The zero-order valence-corrected chi connectivity index (χ0v) is 8.79. The Hall–Kier alpha value is -0.760. The van der Waals surface area contributed by atoms with Gasteiger partial charge in [-0.2, -0.15) is 0 Å². The Morgan fingerprint density at radius 2 is 1.73 bits per heavy atom. The summed E-state index contributed by atoms with van der Waals surface area (Å²) < 4.78 is 13.2. The molecule has 0 saturated carbocycles. The molecule has 0 spiro atoms. The molecule has 0 aromatic carbocycles. The van der Waals surface area contributed by atoms with E-state index in [9.17, 15) is 4.79 Å². The third kappa shape index (κ3) is 24.6. The average molecular weight is 244 g/mol. The lowest BCUT2D eigenvalue weighted by Gasteiger charge is -2.04. The molecule has 0 aromatic rings. The monoisotopic (exact) mass is 244 g/mol. The summed E-state index contributed by atoms with van der Waals surface area (Å²) in [5, 5.41) is 16.5. The van der Waals surface area contributed by atoms with E-state index in [0.29, 0.717) is 0 Å². The normalized spacial score (nSPS) is 10.3. The Morgan fingerprint density at radius 1 is 1.40 bits per heavy atom. The number of hydrogen-bond acceptors (Lipinski definition) is 5. The molecule has 8 nitrogen and oxygen atoms in total. The van der Waals surface area contributed by atoms with Crippen molar-refractivity contribution < 1.29 is 39.0 Å². The smallest absolute Gasteiger partial charge is 0.457 e. The number of carbonyl (C=O) groups is 1. The van der Waals surface area contributed by atoms with Crippen molar-refractivity contribution in [2.45, 2.75) is 13.2 Å². The fourth-order valence-corrected chi connectivity index (χ4v) is 0.273. The van der Waals surface area contributed by atoms with Gasteiger partial charge in [-0.25, -0.2) is 9.36 Å². The van der Waals surface area contributed by atoms with Crippen molar-refractivity contribution in [2.24, 2.45) is 0 Å². The second kappa shape index (κ2) is 7.52. The standard InChI is InChI=1S/C6H10O4.H3O4P/c1-4(2)6(9)10-3-5(7)8;1-5(2,3)4/h5,7-8H,1,3H2,2H3;(H3,1,2,3,4). The predicted octanol–water partition coefficient (Wildman–Crippen LogP) is -1.51. The fourth-order valence-electron chi connectivity index (χ4n) is 0.273. The summed E-state index contributed by atoms with van der Waals surface area (Å²) in [4.78, 5) is 32.1. The lowest BCUT2D eigenvalue weighted by molar-refractivity contribution is -0.151. The molecular formula is C6H13O8P. The van der Waals surface area contributed by atoms with E-state index in [2.05, 4.69) is 11.3 Å². The number of hydrogen-bond donors (Lipinski definition) is 5. The van der Waals surface area contributed by atoms with Crippen LogP contribution in [0.1, 0.15) is 6.92 Å². The SMILES string of the molecule is C=C(C)C(=O)OCC(O)O.O=P(O)(O)O. The van der Waals surface area contributed by atoms with Gasteiger partial charge in [0.25, 0.3) is 0 Å². The van der Waals surface area contributed by atoms with E-state index in [1.807, 2.05) is 0 Å². The van der Waals surface area contributed by atoms with Gasteiger partial charge in [-0.3, -0.25) is 0 Å². The number of esters is 1. The molecule has 0 fully saturated rings. The molecular weight excluding hydrogens is 231 g/mol. The third-order valence-corrected chi connectivity index (χ3v) is 0.712. The highest BCUT2D eigenvalue weighted by atomic mass is 31.2. The van der Waals surface area contributed by atoms with Crippen LogP contribution in [-0.4, -0.2) is 43.8 Å². The number of rotatable bonds is 3. The van der Waals surface area contributed by atoms with Gasteiger partial charge in [0.05, 0.1) is 0 Å². The molecule has 5 N–H and O–H groups in total. The fraction of sp³-hybridized carbons (Fsp3) is 0.500. The van der Waals surface area contributed by atoms with Crippen LogP contribution < -0.4 is 0 Å². The summed E-state index contributed by atoms with van der Waals surface area (Å²) in [6, 6.07) is 0. The molecule has 0 heterocycles. The first-order valence-corrected chi connectivity index (χ1v) is 5.07. The minimum Gasteiger partial charge on any atom is -0.457 e. The van der Waals surface area contributed by atoms with Crippen LogP contribution in [0.3, 0.4) is 0 Å². The largest absolute Gasteiger partial charge is 0.466 e. The molecule has 0 radical (unpaired) electrons. The van der Waals surface area contributed by atoms with Gasteiger partial charge in [0.2, 0.25) is 0 Å². The Morgan fingerprint density at radius 3 is 1.93 bits per heavy atom. The number of aliphatic hydroxyl groups is 2. The van der Waals surface area contributed by atoms with Gasteiger partial charge in [-0.15, -0.1) is 0 Å². The van der Waals surface area contributed by atoms with Crippen LogP contribution in [0.5, 0.6) is 0 Å². The summed E-state index contributed by atoms with van der Waals surface area (Å²) in [6.45, 7) is 4.36. The van der Waals surface area contributed by atoms with Crippen molar-refractivity contribution in [3.8, 4) is 0 Å². The van der Waals surface area contributed by atoms with Gasteiger partial charge in [0.1, 0.15) is 6.61 Å². The van der Waals surface area contributed by atoms with Gasteiger partial charge in [-0.05, 0) is 6.92 Å². The van der Waals surface area contributed by atoms with Gasteiger partial charge in [0.15, 0.2) is 6.29 Å². The lowest BCUT2D eigenvalue weighted by atomic mass is 10.4. The molecule has 9 heteroatoms. The lowest BCUT2D eigenvalue weighted by Crippen LogP contribution is -2.17. The molecule has 0 saturated heterocycles. The first-order chi connectivity index (χ1) is 6.54. The van der Waals surface area contributed by atoms with Crippen molar-refractivity contribution in [1.82, 2.24) is 0 Å². The second-order valence-electron chi connectivity index (χ2n) is 2.37. The van der Waals surface area contributed by atoms with E-state index in [1.165, 1.54) is 6.92 Å². The van der Waals surface area contributed by atoms with Crippen molar-refractivity contribution >= 4 is 13.8 Å². The second-order valence-corrected chi connectivity index (χ2v) is 3.40. The zero-order valence-electron chi connectivity index (χ0n) is 7.90. The maximum Gasteiger partial charge on any atom is 0.466 e. The molecule has 0 unspecified atom stereocenters. The van der Waals surface area contributed by atoms with Gasteiger partial charge >= 0.3 is 13.8 Å². The van der Waals surface area contributed by atoms with E-state index >= 15 is 0 Å². The molecule has 0 rings (SSSR count). The van der Waals surface area contributed by atoms with Gasteiger partial charge in [-0.1, -0.05) is 6.58 Å². The van der Waals surface area contributed by atoms with E-state index in [-0.39, 0.29) is 5.57 Å². The van der Waals surface area contributed by atoms with E-state index < -0.39 is 26.7 Å². The van der Waals surface area contributed by atoms with Crippen molar-refractivity contribution in [3.63, 3.8) is 0 Å². The molecule has 0 aliphatic carbocycles. The molecule has 0 atom stereocenters. The van der Waals surface area contributed by atoms with Crippen LogP contribution in [-0.2, 0) is 14.1 Å². The molecule has 90 valence electrons. The topological polar surface area (TPSA) is 145 Å². The number of aliphatic hydroxyl groups excluding tert-OH is 1. The predicted molar refractivity (Wildman–Crippen MR) is 48.3 cm³/mol. The molecule has 0 aliphatic heterocycles. The summed E-state index contributed by atoms with van der Waals surface area (Å²) in [6.07, 6.45) is -1.61. The van der Waals surface area contributed by atoms with Crippen LogP contribution in [0, 0.1) is 0 Å². The van der Waals surface area contributed by atoms with Gasteiger partial charge in [0, 0.05) is 5.57 Å². The van der Waals surface area contributed by atoms with E-state index in [4.69, 9.17) is 29.5 Å². The van der Waals surface area contributed by atoms with Crippen LogP contribution in [0.2, 0.25) is 0 Å². The van der Waals surface area contributed by atoms with Crippen LogP contribution in [0.15, 0.2) is 12.2 Å². The van der Waals surface area contributed by atoms with E-state index in [0.717, 1.165) is 0 Å². The first kappa shape index (κ1) is 16.7. The zero-order chi connectivity index (χ0) is 12.6. The highest BCUT2D eigenvalue weighted by Gasteiger charge is 2.04. The summed E-state index contributed by atoms with van der Waals surface area (Å²) in [7, 11) is -4.64. The van der Waals surface area contributed by atoms with Crippen molar-refractivity contribution in [2.75, 3.05) is 6.61 Å². The summed E-state index contributed by atoms with van der Waals surface area (Å²) in [5.74, 6) is -0.617. The van der Waals surface area contributed by atoms with Crippen LogP contribution in [0.4, 0.5) is 0 Å². The Bertz CT molecular complexity index is 246. The van der Waals surface area contributed by atoms with Crippen LogP contribution in [0.25, 0.3) is 0 Å². The maximum absolute atomic E-state index is 10.5. The Balaban J connectivity index is 0. The number of carbonyl (C=O) groups excluding carboxylic acids is 1. The van der Waals surface area contributed by atoms with Crippen LogP contribution >= 0.6 is 7.82 Å². The minimum absolute atomic E-state index is 0.237. The summed E-state index contributed by atoms with van der Waals surface area (Å²) >= 11 is 0. The molecule has 0 bridgehead atoms. The molecule has 0 aliphatic rings. The van der Waals surface area contributed by atoms with Gasteiger partial charge < -0.3 is 29.6 Å². The molecule has 0 amide bonds. The Kier molecular flexibility index (Phi) is 8.35. The highest BCUT2D eigenvalue weighted by Crippen LogP contribution is 2.25. The van der Waals surface area contributed by atoms with Crippen molar-refractivity contribution in [1.29, 1.82) is 0 Å². The maximum atomic E-state index is 10.5. The quantitative estimate of drug-likeness (QED) is 0.174. The third-order valence-electron chi connectivity index (χ3n) is 0.712. The highest BCUT2D eigenvalue weighted by molar-refractivity contribution is 7.45. The first-order valence-electron chi connectivity index (χ1n) is 3.51.